The molecule has 0 bridgehead atoms. The zero-order valence-electron chi connectivity index (χ0n) is 12.7. The number of carbonyl (C=O) groups excluding carboxylic acids is 1. The number of ether oxygens (including phenoxy) is 1. The molecular formula is C17H18N2O2S2. The van der Waals surface area contributed by atoms with E-state index in [0.717, 1.165) is 40.9 Å². The van der Waals surface area contributed by atoms with Gasteiger partial charge in [0.05, 0.1) is 0 Å². The summed E-state index contributed by atoms with van der Waals surface area (Å²) >= 11 is 3.39. The molecule has 1 aliphatic heterocycles. The first-order chi connectivity index (χ1) is 11.3. The second-order valence-corrected chi connectivity index (χ2v) is 7.15. The van der Waals surface area contributed by atoms with Crippen LogP contribution in [0.4, 0.5) is 0 Å². The molecule has 1 aromatic carbocycles. The number of thiazole rings is 1. The molecular weight excluding hydrogens is 328 g/mol. The van der Waals surface area contributed by atoms with Crippen molar-refractivity contribution in [3.05, 3.63) is 48.0 Å². The molecule has 3 rings (SSSR count). The lowest BCUT2D eigenvalue weighted by Gasteiger charge is -2.25. The fourth-order valence-electron chi connectivity index (χ4n) is 2.28. The Morgan fingerprint density at radius 1 is 1.30 bits per heavy atom. The Morgan fingerprint density at radius 2 is 2.04 bits per heavy atom. The maximum absolute atomic E-state index is 12.4. The van der Waals surface area contributed by atoms with E-state index in [4.69, 9.17) is 4.74 Å². The van der Waals surface area contributed by atoms with Gasteiger partial charge in [-0.2, -0.15) is 11.8 Å². The molecule has 1 aliphatic rings. The van der Waals surface area contributed by atoms with Crippen LogP contribution in [0.15, 0.2) is 42.3 Å². The second-order valence-electron chi connectivity index (χ2n) is 5.07. The Hall–Kier alpha value is -1.79. The number of aromatic nitrogens is 1. The lowest BCUT2D eigenvalue weighted by Crippen LogP contribution is -2.38. The van der Waals surface area contributed by atoms with Gasteiger partial charge in [0.2, 0.25) is 0 Å². The van der Waals surface area contributed by atoms with Gasteiger partial charge in [0.15, 0.2) is 0 Å². The molecule has 2 aromatic rings. The summed E-state index contributed by atoms with van der Waals surface area (Å²) in [6.07, 6.45) is 1.71. The highest BCUT2D eigenvalue weighted by Gasteiger charge is 2.21. The van der Waals surface area contributed by atoms with Crippen LogP contribution in [0.5, 0.6) is 5.75 Å². The lowest BCUT2D eigenvalue weighted by molar-refractivity contribution is 0.0767. The van der Waals surface area contributed by atoms with Crippen LogP contribution >= 0.6 is 23.1 Å². The molecule has 0 aliphatic carbocycles. The van der Waals surface area contributed by atoms with E-state index in [1.807, 2.05) is 46.3 Å². The van der Waals surface area contributed by atoms with Gasteiger partial charge in [-0.1, -0.05) is 12.7 Å². The number of amides is 1. The molecule has 0 spiro atoms. The minimum atomic E-state index is 0.0405. The zero-order valence-corrected chi connectivity index (χ0v) is 14.4. The molecule has 6 heteroatoms. The van der Waals surface area contributed by atoms with Crippen molar-refractivity contribution in [3.63, 3.8) is 0 Å². The molecule has 2 heterocycles. The molecule has 1 fully saturated rings. The van der Waals surface area contributed by atoms with E-state index < -0.39 is 0 Å². The largest absolute Gasteiger partial charge is 0.490 e. The van der Waals surface area contributed by atoms with E-state index in [2.05, 4.69) is 11.6 Å². The van der Waals surface area contributed by atoms with Crippen LogP contribution in [-0.2, 0) is 0 Å². The first-order valence-corrected chi connectivity index (χ1v) is 9.48. The van der Waals surface area contributed by atoms with Crippen LogP contribution in [0.3, 0.4) is 0 Å². The smallest absolute Gasteiger partial charge is 0.273 e. The summed E-state index contributed by atoms with van der Waals surface area (Å²) in [5.74, 6) is 2.86. The minimum Gasteiger partial charge on any atom is -0.490 e. The Kier molecular flexibility index (Phi) is 5.35. The Balaban J connectivity index is 1.70. The van der Waals surface area contributed by atoms with E-state index >= 15 is 0 Å². The average Bonchev–Trinajstić information content (AvgIpc) is 3.10. The van der Waals surface area contributed by atoms with Gasteiger partial charge in [0.25, 0.3) is 5.91 Å². The van der Waals surface area contributed by atoms with E-state index in [9.17, 15) is 4.79 Å². The summed E-state index contributed by atoms with van der Waals surface area (Å²) in [7, 11) is 0. The molecule has 0 N–H and O–H groups in total. The van der Waals surface area contributed by atoms with Crippen LogP contribution in [0, 0.1) is 0 Å². The van der Waals surface area contributed by atoms with Gasteiger partial charge in [-0.3, -0.25) is 4.79 Å². The number of benzene rings is 1. The molecule has 23 heavy (non-hydrogen) atoms. The predicted octanol–water partition coefficient (Wildman–Crippen LogP) is 3.56. The number of nitrogens with zero attached hydrogens (tertiary/aromatic N) is 2. The summed E-state index contributed by atoms with van der Waals surface area (Å²) in [4.78, 5) is 18.8. The fraction of sp³-hybridized carbons (Fsp3) is 0.294. The number of thioether (sulfide) groups is 1. The van der Waals surface area contributed by atoms with Crippen molar-refractivity contribution in [2.75, 3.05) is 31.2 Å². The molecule has 1 aromatic heterocycles. The third-order valence-electron chi connectivity index (χ3n) is 3.49. The van der Waals surface area contributed by atoms with E-state index in [0.29, 0.717) is 12.3 Å². The van der Waals surface area contributed by atoms with Gasteiger partial charge in [0, 0.05) is 35.5 Å². The lowest BCUT2D eigenvalue weighted by atomic mass is 10.2. The number of carbonyl (C=O) groups is 1. The van der Waals surface area contributed by atoms with Crippen molar-refractivity contribution in [3.8, 4) is 16.3 Å². The molecule has 1 amide bonds. The maximum Gasteiger partial charge on any atom is 0.273 e. The topological polar surface area (TPSA) is 42.4 Å². The molecule has 0 radical (unpaired) electrons. The first kappa shape index (κ1) is 16.1. The van der Waals surface area contributed by atoms with Crippen molar-refractivity contribution in [2.45, 2.75) is 0 Å². The third kappa shape index (κ3) is 3.95. The standard InChI is InChI=1S/C17H18N2O2S2/c1-2-9-21-14-5-3-13(4-6-14)16-18-15(12-23-16)17(20)19-7-10-22-11-8-19/h2-6,12H,1,7-11H2. The summed E-state index contributed by atoms with van der Waals surface area (Å²) in [5, 5.41) is 2.71. The molecule has 120 valence electrons. The van der Waals surface area contributed by atoms with Crippen molar-refractivity contribution in [1.29, 1.82) is 0 Å². The maximum atomic E-state index is 12.4. The van der Waals surface area contributed by atoms with E-state index in [1.165, 1.54) is 11.3 Å². The van der Waals surface area contributed by atoms with Gasteiger partial charge >= 0.3 is 0 Å². The summed E-state index contributed by atoms with van der Waals surface area (Å²) in [6.45, 7) is 5.74. The van der Waals surface area contributed by atoms with Gasteiger partial charge in [-0.15, -0.1) is 11.3 Å². The van der Waals surface area contributed by atoms with Gasteiger partial charge in [0.1, 0.15) is 23.1 Å². The SMILES string of the molecule is C=CCOc1ccc(-c2nc(C(=O)N3CCSCC3)cs2)cc1. The van der Waals surface area contributed by atoms with Gasteiger partial charge in [-0.25, -0.2) is 4.98 Å². The summed E-state index contributed by atoms with van der Waals surface area (Å²) < 4.78 is 5.47. The highest BCUT2D eigenvalue weighted by molar-refractivity contribution is 7.99. The highest BCUT2D eigenvalue weighted by atomic mass is 32.2. The van der Waals surface area contributed by atoms with Crippen LogP contribution in [0.1, 0.15) is 10.5 Å². The van der Waals surface area contributed by atoms with Crippen LogP contribution in [0.25, 0.3) is 10.6 Å². The summed E-state index contributed by atoms with van der Waals surface area (Å²) in [5.41, 5.74) is 1.54. The van der Waals surface area contributed by atoms with Crippen molar-refractivity contribution in [2.24, 2.45) is 0 Å². The van der Waals surface area contributed by atoms with Crippen molar-refractivity contribution in [1.82, 2.24) is 9.88 Å². The Labute approximate surface area is 144 Å². The molecule has 0 unspecified atom stereocenters. The quantitative estimate of drug-likeness (QED) is 0.776. The molecule has 0 atom stereocenters. The Morgan fingerprint density at radius 3 is 2.74 bits per heavy atom. The van der Waals surface area contributed by atoms with E-state index in [-0.39, 0.29) is 5.91 Å². The Bertz CT molecular complexity index is 676. The van der Waals surface area contributed by atoms with Crippen LogP contribution < -0.4 is 4.74 Å². The van der Waals surface area contributed by atoms with Crippen molar-refractivity contribution >= 4 is 29.0 Å². The molecule has 0 saturated carbocycles. The van der Waals surface area contributed by atoms with Crippen molar-refractivity contribution < 1.29 is 9.53 Å². The minimum absolute atomic E-state index is 0.0405. The first-order valence-electron chi connectivity index (χ1n) is 7.44. The summed E-state index contributed by atoms with van der Waals surface area (Å²) in [6, 6.07) is 7.74. The second kappa shape index (κ2) is 7.66. The normalized spacial score (nSPS) is 14.5. The average molecular weight is 346 g/mol. The fourth-order valence-corrected chi connectivity index (χ4v) is 3.98. The predicted molar refractivity (Wildman–Crippen MR) is 96.5 cm³/mol. The van der Waals surface area contributed by atoms with E-state index in [1.54, 1.807) is 6.08 Å². The molecule has 4 nitrogen and oxygen atoms in total. The third-order valence-corrected chi connectivity index (χ3v) is 5.32. The zero-order chi connectivity index (χ0) is 16.1. The highest BCUT2D eigenvalue weighted by Crippen LogP contribution is 2.26. The monoisotopic (exact) mass is 346 g/mol. The van der Waals surface area contributed by atoms with Gasteiger partial charge < -0.3 is 9.64 Å². The van der Waals surface area contributed by atoms with Crippen LogP contribution in [0.2, 0.25) is 0 Å². The number of hydrogen-bond donors (Lipinski definition) is 0. The molecule has 1 saturated heterocycles. The number of rotatable bonds is 5. The van der Waals surface area contributed by atoms with Gasteiger partial charge in [-0.05, 0) is 24.3 Å². The van der Waals surface area contributed by atoms with Crippen LogP contribution in [-0.4, -0.2) is 47.0 Å². The number of hydrogen-bond acceptors (Lipinski definition) is 5.